The molecule has 0 atom stereocenters. The maximum atomic E-state index is 13.4. The fourth-order valence-electron chi connectivity index (χ4n) is 4.52. The number of carbonyl (C=O) groups excluding carboxylic acids is 3. The lowest BCUT2D eigenvalue weighted by atomic mass is 10.1. The van der Waals surface area contributed by atoms with Gasteiger partial charge in [0.25, 0.3) is 5.91 Å². The molecule has 9 heteroatoms. The van der Waals surface area contributed by atoms with Crippen LogP contribution in [0.1, 0.15) is 35.3 Å². The average Bonchev–Trinajstić information content (AvgIpc) is 2.94. The van der Waals surface area contributed by atoms with Crippen molar-refractivity contribution in [3.05, 3.63) is 95.3 Å². The Morgan fingerprint density at radius 2 is 1.50 bits per heavy atom. The van der Waals surface area contributed by atoms with Crippen LogP contribution in [0.15, 0.2) is 72.8 Å². The van der Waals surface area contributed by atoms with Crippen molar-refractivity contribution in [3.63, 3.8) is 0 Å². The molecule has 0 bridgehead atoms. The minimum atomic E-state index is -0.361. The number of hydrogen-bond donors (Lipinski definition) is 2. The maximum absolute atomic E-state index is 13.4. The quantitative estimate of drug-likeness (QED) is 0.432. The van der Waals surface area contributed by atoms with E-state index < -0.39 is 0 Å². The Bertz CT molecular complexity index is 1300. The Labute approximate surface area is 234 Å². The molecule has 4 amide bonds. The van der Waals surface area contributed by atoms with Gasteiger partial charge in [-0.15, -0.1) is 0 Å². The summed E-state index contributed by atoms with van der Waals surface area (Å²) in [4.78, 5) is 44.0. The molecule has 2 N–H and O–H groups in total. The third kappa shape index (κ3) is 7.81. The summed E-state index contributed by atoms with van der Waals surface area (Å²) in [5.74, 6) is -0.976. The van der Waals surface area contributed by atoms with E-state index in [0.717, 1.165) is 29.9 Å². The fraction of sp³-hybridized carbons (Fsp3) is 0.323. The van der Waals surface area contributed by atoms with Crippen LogP contribution < -0.4 is 15.5 Å². The number of carbonyl (C=O) groups is 3. The summed E-state index contributed by atoms with van der Waals surface area (Å²) in [6.07, 6.45) is 0. The van der Waals surface area contributed by atoms with Crippen LogP contribution in [-0.4, -0.2) is 66.4 Å². The highest BCUT2D eigenvalue weighted by molar-refractivity contribution is 5.99. The monoisotopic (exact) mass is 545 g/mol. The van der Waals surface area contributed by atoms with E-state index >= 15 is 0 Å². The molecule has 8 nitrogen and oxygen atoms in total. The highest BCUT2D eigenvalue weighted by Crippen LogP contribution is 2.20. The van der Waals surface area contributed by atoms with Crippen LogP contribution in [0, 0.1) is 12.7 Å². The Balaban J connectivity index is 1.37. The molecule has 0 unspecified atom stereocenters. The van der Waals surface area contributed by atoms with Gasteiger partial charge in [-0.2, -0.15) is 0 Å². The first-order chi connectivity index (χ1) is 19.2. The van der Waals surface area contributed by atoms with E-state index in [4.69, 9.17) is 0 Å². The zero-order chi connectivity index (χ0) is 28.6. The van der Waals surface area contributed by atoms with E-state index in [1.165, 1.54) is 17.0 Å². The van der Waals surface area contributed by atoms with Gasteiger partial charge in [-0.05, 0) is 74.9 Å². The highest BCUT2D eigenvalue weighted by atomic mass is 19.1. The first kappa shape index (κ1) is 28.6. The number of nitrogens with one attached hydrogen (secondary N) is 2. The SMILES string of the molecule is Cc1ccc(C(=O)N(CC(=O)Nc2ccc(N3CCN(C(=O)NC(C)C)CC3)cc2)Cc2ccc(F)cc2)cc1. The summed E-state index contributed by atoms with van der Waals surface area (Å²) in [5.41, 5.74) is 3.86. The molecule has 0 spiro atoms. The van der Waals surface area contributed by atoms with Crippen molar-refractivity contribution < 1.29 is 18.8 Å². The Hall–Kier alpha value is -4.40. The van der Waals surface area contributed by atoms with Gasteiger partial charge in [-0.25, -0.2) is 9.18 Å². The fourth-order valence-corrected chi connectivity index (χ4v) is 4.52. The summed E-state index contributed by atoms with van der Waals surface area (Å²) < 4.78 is 13.4. The molecule has 40 heavy (non-hydrogen) atoms. The topological polar surface area (TPSA) is 85.0 Å². The summed E-state index contributed by atoms with van der Waals surface area (Å²) >= 11 is 0. The molecule has 0 aliphatic carbocycles. The Morgan fingerprint density at radius 1 is 0.875 bits per heavy atom. The summed E-state index contributed by atoms with van der Waals surface area (Å²) in [6, 6.07) is 20.7. The Morgan fingerprint density at radius 3 is 2.10 bits per heavy atom. The highest BCUT2D eigenvalue weighted by Gasteiger charge is 2.22. The number of hydrogen-bond acceptors (Lipinski definition) is 4. The molecule has 0 radical (unpaired) electrons. The molecule has 1 aliphatic heterocycles. The van der Waals surface area contributed by atoms with Crippen LogP contribution in [-0.2, 0) is 11.3 Å². The average molecular weight is 546 g/mol. The van der Waals surface area contributed by atoms with Gasteiger partial charge in [0.2, 0.25) is 5.91 Å². The molecule has 0 aromatic heterocycles. The maximum Gasteiger partial charge on any atom is 0.317 e. The van der Waals surface area contributed by atoms with Gasteiger partial charge in [0, 0.05) is 55.7 Å². The van der Waals surface area contributed by atoms with Crippen molar-refractivity contribution in [3.8, 4) is 0 Å². The third-order valence-electron chi connectivity index (χ3n) is 6.70. The van der Waals surface area contributed by atoms with E-state index in [-0.39, 0.29) is 42.8 Å². The van der Waals surface area contributed by atoms with E-state index in [1.54, 1.807) is 24.3 Å². The lowest BCUT2D eigenvalue weighted by Gasteiger charge is -2.36. The molecular formula is C31H36FN5O3. The van der Waals surface area contributed by atoms with Gasteiger partial charge in [0.05, 0.1) is 0 Å². The molecule has 4 rings (SSSR count). The van der Waals surface area contributed by atoms with E-state index in [0.29, 0.717) is 24.3 Å². The number of anilines is 2. The normalized spacial score (nSPS) is 13.2. The molecule has 0 saturated carbocycles. The molecular weight excluding hydrogens is 509 g/mol. The minimum Gasteiger partial charge on any atom is -0.368 e. The summed E-state index contributed by atoms with van der Waals surface area (Å²) in [6.45, 7) is 8.54. The Kier molecular flexibility index (Phi) is 9.37. The number of amides is 4. The second-order valence-corrected chi connectivity index (χ2v) is 10.3. The minimum absolute atomic E-state index is 0.0398. The van der Waals surface area contributed by atoms with Crippen LogP contribution in [0.5, 0.6) is 0 Å². The van der Waals surface area contributed by atoms with Crippen LogP contribution in [0.3, 0.4) is 0 Å². The number of halogens is 1. The number of nitrogens with zero attached hydrogens (tertiary/aromatic N) is 3. The molecule has 1 saturated heterocycles. The van der Waals surface area contributed by atoms with E-state index in [1.807, 2.05) is 62.1 Å². The molecule has 1 fully saturated rings. The van der Waals surface area contributed by atoms with Gasteiger partial charge in [0.15, 0.2) is 0 Å². The van der Waals surface area contributed by atoms with Crippen molar-refractivity contribution in [1.29, 1.82) is 0 Å². The van der Waals surface area contributed by atoms with Crippen molar-refractivity contribution in [2.24, 2.45) is 0 Å². The third-order valence-corrected chi connectivity index (χ3v) is 6.70. The number of piperazine rings is 1. The van der Waals surface area contributed by atoms with Gasteiger partial charge >= 0.3 is 6.03 Å². The van der Waals surface area contributed by atoms with Gasteiger partial charge in [-0.1, -0.05) is 29.8 Å². The lowest BCUT2D eigenvalue weighted by molar-refractivity contribution is -0.117. The molecule has 1 aliphatic rings. The second-order valence-electron chi connectivity index (χ2n) is 10.3. The second kappa shape index (κ2) is 13.1. The predicted molar refractivity (Wildman–Crippen MR) is 155 cm³/mol. The van der Waals surface area contributed by atoms with Crippen LogP contribution in [0.4, 0.5) is 20.6 Å². The summed E-state index contributed by atoms with van der Waals surface area (Å²) in [5, 5.41) is 5.81. The van der Waals surface area contributed by atoms with Gasteiger partial charge in [-0.3, -0.25) is 9.59 Å². The van der Waals surface area contributed by atoms with Crippen LogP contribution in [0.25, 0.3) is 0 Å². The largest absolute Gasteiger partial charge is 0.368 e. The van der Waals surface area contributed by atoms with Gasteiger partial charge in [0.1, 0.15) is 12.4 Å². The van der Waals surface area contributed by atoms with Crippen molar-refractivity contribution in [1.82, 2.24) is 15.1 Å². The lowest BCUT2D eigenvalue weighted by Crippen LogP contribution is -2.52. The van der Waals surface area contributed by atoms with E-state index in [2.05, 4.69) is 15.5 Å². The molecule has 1 heterocycles. The van der Waals surface area contributed by atoms with E-state index in [9.17, 15) is 18.8 Å². The van der Waals surface area contributed by atoms with Crippen LogP contribution in [0.2, 0.25) is 0 Å². The standard InChI is InChI=1S/C31H36FN5O3/c1-22(2)33-31(40)36-18-16-35(17-19-36)28-14-12-27(13-15-28)34-29(38)21-37(20-24-6-10-26(32)11-7-24)30(39)25-8-4-23(3)5-9-25/h4-15,22H,16-21H2,1-3H3,(H,33,40)(H,34,38). The number of rotatable bonds is 8. The zero-order valence-corrected chi connectivity index (χ0v) is 23.2. The summed E-state index contributed by atoms with van der Waals surface area (Å²) in [7, 11) is 0. The number of benzene rings is 3. The van der Waals surface area contributed by atoms with Gasteiger partial charge < -0.3 is 25.3 Å². The first-order valence-electron chi connectivity index (χ1n) is 13.5. The first-order valence-corrected chi connectivity index (χ1v) is 13.5. The molecule has 210 valence electrons. The molecule has 3 aromatic carbocycles. The smallest absolute Gasteiger partial charge is 0.317 e. The zero-order valence-electron chi connectivity index (χ0n) is 23.2. The number of aryl methyl sites for hydroxylation is 1. The van der Waals surface area contributed by atoms with Crippen molar-refractivity contribution in [2.45, 2.75) is 33.4 Å². The van der Waals surface area contributed by atoms with Crippen molar-refractivity contribution >= 4 is 29.2 Å². The molecule has 3 aromatic rings. The van der Waals surface area contributed by atoms with Crippen molar-refractivity contribution in [2.75, 3.05) is 42.9 Å². The predicted octanol–water partition coefficient (Wildman–Crippen LogP) is 4.66. The number of urea groups is 1. The van der Waals surface area contributed by atoms with Crippen LogP contribution >= 0.6 is 0 Å².